The van der Waals surface area contributed by atoms with E-state index in [1.165, 1.54) is 5.57 Å². The number of terminal acetylenes is 1. The van der Waals surface area contributed by atoms with Crippen molar-refractivity contribution in [3.05, 3.63) is 11.6 Å². The predicted octanol–water partition coefficient (Wildman–Crippen LogP) is 3.95. The number of Topliss-reactive ketones (excluding diaryl/α,β-unsaturated/α-hetero) is 1. The molecule has 23 heavy (non-hydrogen) atoms. The molecule has 4 aliphatic rings. The standard InChI is InChI=1S/C21H26O2/c1-4-13-12-21(3)17(7-8-18(21)23)16-6-5-14-11-15(22)9-10-20(14,2)19(13)16/h1,11,13,16-17,19H,5-10,12H2,2-3H3/t13-,16-,17-,19-,20-,21-/m0/s1. The minimum absolute atomic E-state index is 0.0703. The number of rotatable bonds is 0. The van der Waals surface area contributed by atoms with Crippen LogP contribution in [0.4, 0.5) is 0 Å². The Morgan fingerprint density at radius 2 is 1.91 bits per heavy atom. The van der Waals surface area contributed by atoms with Gasteiger partial charge in [0.05, 0.1) is 0 Å². The van der Waals surface area contributed by atoms with Crippen LogP contribution in [0.3, 0.4) is 0 Å². The van der Waals surface area contributed by atoms with Gasteiger partial charge in [0.2, 0.25) is 0 Å². The first kappa shape index (κ1) is 15.2. The molecule has 0 aliphatic heterocycles. The smallest absolute Gasteiger partial charge is 0.155 e. The molecule has 0 aromatic carbocycles. The zero-order valence-corrected chi connectivity index (χ0v) is 14.2. The van der Waals surface area contributed by atoms with E-state index < -0.39 is 0 Å². The van der Waals surface area contributed by atoms with Crippen molar-refractivity contribution in [2.75, 3.05) is 0 Å². The fraction of sp³-hybridized carbons (Fsp3) is 0.714. The van der Waals surface area contributed by atoms with Crippen molar-refractivity contribution in [3.63, 3.8) is 0 Å². The van der Waals surface area contributed by atoms with Gasteiger partial charge in [0.15, 0.2) is 5.78 Å². The maximum absolute atomic E-state index is 12.5. The number of hydrogen-bond acceptors (Lipinski definition) is 2. The number of hydrogen-bond donors (Lipinski definition) is 0. The molecular formula is C21H26O2. The van der Waals surface area contributed by atoms with Gasteiger partial charge in [0, 0.05) is 24.2 Å². The third-order valence-electron chi connectivity index (χ3n) is 7.85. The van der Waals surface area contributed by atoms with Gasteiger partial charge in [0.25, 0.3) is 0 Å². The summed E-state index contributed by atoms with van der Waals surface area (Å²) in [5.41, 5.74) is 1.21. The molecule has 6 atom stereocenters. The Morgan fingerprint density at radius 3 is 2.65 bits per heavy atom. The van der Waals surface area contributed by atoms with E-state index in [4.69, 9.17) is 6.42 Å². The van der Waals surface area contributed by atoms with Crippen LogP contribution in [-0.2, 0) is 9.59 Å². The highest BCUT2D eigenvalue weighted by Crippen LogP contribution is 2.65. The van der Waals surface area contributed by atoms with Crippen LogP contribution in [0.15, 0.2) is 11.6 Å². The van der Waals surface area contributed by atoms with E-state index in [0.29, 0.717) is 30.0 Å². The molecule has 0 bridgehead atoms. The first-order chi connectivity index (χ1) is 10.9. The highest BCUT2D eigenvalue weighted by atomic mass is 16.1. The normalized spacial score (nSPS) is 48.8. The largest absolute Gasteiger partial charge is 0.299 e. The lowest BCUT2D eigenvalue weighted by Crippen LogP contribution is -2.54. The summed E-state index contributed by atoms with van der Waals surface area (Å²) >= 11 is 0. The van der Waals surface area contributed by atoms with Crippen molar-refractivity contribution in [1.82, 2.24) is 0 Å². The summed E-state index contributed by atoms with van der Waals surface area (Å²) < 4.78 is 0. The van der Waals surface area contributed by atoms with Crippen LogP contribution >= 0.6 is 0 Å². The lowest BCUT2D eigenvalue weighted by molar-refractivity contribution is -0.135. The molecule has 0 aromatic heterocycles. The Balaban J connectivity index is 1.79. The summed E-state index contributed by atoms with van der Waals surface area (Å²) in [4.78, 5) is 24.4. The molecule has 122 valence electrons. The minimum atomic E-state index is -0.194. The Kier molecular flexibility index (Phi) is 3.18. The van der Waals surface area contributed by atoms with Crippen LogP contribution in [-0.4, -0.2) is 11.6 Å². The van der Waals surface area contributed by atoms with E-state index in [1.807, 2.05) is 6.08 Å². The molecule has 0 unspecified atom stereocenters. The first-order valence-electron chi connectivity index (χ1n) is 9.13. The van der Waals surface area contributed by atoms with E-state index >= 15 is 0 Å². The number of carbonyl (C=O) groups excluding carboxylic acids is 2. The maximum Gasteiger partial charge on any atom is 0.155 e. The molecule has 4 aliphatic carbocycles. The van der Waals surface area contributed by atoms with Crippen molar-refractivity contribution in [2.24, 2.45) is 34.5 Å². The Hall–Kier alpha value is -1.36. The lowest BCUT2D eigenvalue weighted by atomic mass is 9.44. The van der Waals surface area contributed by atoms with Gasteiger partial charge in [-0.1, -0.05) is 19.4 Å². The molecular weight excluding hydrogens is 284 g/mol. The molecule has 0 saturated heterocycles. The van der Waals surface area contributed by atoms with Crippen molar-refractivity contribution < 1.29 is 9.59 Å². The zero-order valence-electron chi connectivity index (χ0n) is 14.2. The second-order valence-electron chi connectivity index (χ2n) is 8.74. The third kappa shape index (κ3) is 1.89. The number of allylic oxidation sites excluding steroid dienone is 1. The molecule has 0 spiro atoms. The van der Waals surface area contributed by atoms with Gasteiger partial charge in [-0.25, -0.2) is 0 Å². The van der Waals surface area contributed by atoms with Crippen LogP contribution in [0.5, 0.6) is 0 Å². The Labute approximate surface area is 139 Å². The Morgan fingerprint density at radius 1 is 1.13 bits per heavy atom. The summed E-state index contributed by atoms with van der Waals surface area (Å²) in [6, 6.07) is 0. The molecule has 0 amide bonds. The van der Waals surface area contributed by atoms with Crippen molar-refractivity contribution >= 4 is 11.6 Å². The second-order valence-corrected chi connectivity index (χ2v) is 8.74. The summed E-state index contributed by atoms with van der Waals surface area (Å²) in [5.74, 6) is 5.46. The van der Waals surface area contributed by atoms with E-state index in [2.05, 4.69) is 19.8 Å². The average Bonchev–Trinajstić information content (AvgIpc) is 2.82. The summed E-state index contributed by atoms with van der Waals surface area (Å²) in [7, 11) is 0. The van der Waals surface area contributed by atoms with Crippen LogP contribution in [0.2, 0.25) is 0 Å². The zero-order chi connectivity index (χ0) is 16.4. The van der Waals surface area contributed by atoms with Crippen molar-refractivity contribution in [1.29, 1.82) is 0 Å². The summed E-state index contributed by atoms with van der Waals surface area (Å²) in [6.07, 6.45) is 14.2. The van der Waals surface area contributed by atoms with Gasteiger partial charge < -0.3 is 0 Å². The fourth-order valence-corrected chi connectivity index (χ4v) is 6.68. The highest BCUT2D eigenvalue weighted by molar-refractivity contribution is 5.91. The van der Waals surface area contributed by atoms with Gasteiger partial charge in [-0.3, -0.25) is 9.59 Å². The minimum Gasteiger partial charge on any atom is -0.299 e. The highest BCUT2D eigenvalue weighted by Gasteiger charge is 2.61. The Bertz CT molecular complexity index is 651. The van der Waals surface area contributed by atoms with Crippen LogP contribution in [0.1, 0.15) is 58.8 Å². The fourth-order valence-electron chi connectivity index (χ4n) is 6.68. The molecule has 0 N–H and O–H groups in total. The number of ketones is 2. The first-order valence-corrected chi connectivity index (χ1v) is 9.13. The van der Waals surface area contributed by atoms with Crippen LogP contribution in [0, 0.1) is 46.8 Å². The summed E-state index contributed by atoms with van der Waals surface area (Å²) in [6.45, 7) is 4.51. The molecule has 0 radical (unpaired) electrons. The topological polar surface area (TPSA) is 34.1 Å². The number of fused-ring (bicyclic) bond motifs is 5. The average molecular weight is 310 g/mol. The molecule has 2 heteroatoms. The molecule has 3 saturated carbocycles. The molecule has 2 nitrogen and oxygen atoms in total. The van der Waals surface area contributed by atoms with E-state index in [-0.39, 0.29) is 22.5 Å². The van der Waals surface area contributed by atoms with Crippen molar-refractivity contribution in [3.8, 4) is 12.3 Å². The van der Waals surface area contributed by atoms with Crippen LogP contribution in [0.25, 0.3) is 0 Å². The van der Waals surface area contributed by atoms with Gasteiger partial charge in [0.1, 0.15) is 5.78 Å². The monoisotopic (exact) mass is 310 g/mol. The summed E-state index contributed by atoms with van der Waals surface area (Å²) in [5, 5.41) is 0. The van der Waals surface area contributed by atoms with E-state index in [9.17, 15) is 9.59 Å². The van der Waals surface area contributed by atoms with Gasteiger partial charge in [-0.05, 0) is 61.3 Å². The second kappa shape index (κ2) is 4.82. The predicted molar refractivity (Wildman–Crippen MR) is 89.4 cm³/mol. The molecule has 0 heterocycles. The quantitative estimate of drug-likeness (QED) is 0.635. The van der Waals surface area contributed by atoms with E-state index in [0.717, 1.165) is 38.5 Å². The molecule has 3 fully saturated rings. The van der Waals surface area contributed by atoms with Gasteiger partial charge in [-0.2, -0.15) is 0 Å². The SMILES string of the molecule is C#C[C@H]1C[C@]2(C)C(=O)CC[C@H]2[C@@H]2CCC3=CC(=O)CC[C@]3(C)[C@H]21. The number of carbonyl (C=O) groups is 2. The van der Waals surface area contributed by atoms with Gasteiger partial charge in [-0.15, -0.1) is 12.3 Å². The van der Waals surface area contributed by atoms with Crippen molar-refractivity contribution in [2.45, 2.75) is 58.8 Å². The molecule has 4 rings (SSSR count). The van der Waals surface area contributed by atoms with E-state index in [1.54, 1.807) is 0 Å². The van der Waals surface area contributed by atoms with Gasteiger partial charge >= 0.3 is 0 Å². The van der Waals surface area contributed by atoms with Crippen LogP contribution < -0.4 is 0 Å². The molecule has 0 aromatic rings. The lowest BCUT2D eigenvalue weighted by Gasteiger charge is -2.58. The maximum atomic E-state index is 12.5. The third-order valence-corrected chi connectivity index (χ3v) is 7.85.